The molecule has 5 nitrogen and oxygen atoms in total. The van der Waals surface area contributed by atoms with E-state index >= 15 is 0 Å². The van der Waals surface area contributed by atoms with Gasteiger partial charge in [-0.05, 0) is 60.5 Å². The fourth-order valence-corrected chi connectivity index (χ4v) is 6.21. The molecule has 2 heterocycles. The van der Waals surface area contributed by atoms with Crippen LogP contribution in [-0.4, -0.2) is 24.7 Å². The summed E-state index contributed by atoms with van der Waals surface area (Å²) >= 11 is 1.64. The van der Waals surface area contributed by atoms with E-state index in [9.17, 15) is 13.2 Å². The third-order valence-electron chi connectivity index (χ3n) is 5.33. The number of carbonyl (C=O) groups excluding carboxylic acids is 1. The normalized spacial score (nSPS) is 14.9. The summed E-state index contributed by atoms with van der Waals surface area (Å²) in [4.78, 5) is 13.0. The summed E-state index contributed by atoms with van der Waals surface area (Å²) in [5.41, 5.74) is 2.51. The zero-order valence-electron chi connectivity index (χ0n) is 16.7. The summed E-state index contributed by atoms with van der Waals surface area (Å²) in [6, 6.07) is 18.5. The third kappa shape index (κ3) is 4.48. The van der Waals surface area contributed by atoms with E-state index in [-0.39, 0.29) is 16.8 Å². The number of hydrogen-bond acceptors (Lipinski definition) is 4. The summed E-state index contributed by atoms with van der Waals surface area (Å²) < 4.78 is 29.0. The SMILES string of the molecule is CC(Cc1cccs1)N(Cc1ccccc1)S(=O)(=O)c1ccc2c(c1)CCC(=O)N2. The van der Waals surface area contributed by atoms with Crippen molar-refractivity contribution in [2.75, 3.05) is 5.32 Å². The Morgan fingerprint density at radius 3 is 2.60 bits per heavy atom. The summed E-state index contributed by atoms with van der Waals surface area (Å²) in [6.45, 7) is 2.27. The minimum absolute atomic E-state index is 0.0339. The predicted octanol–water partition coefficient (Wildman–Crippen LogP) is 4.45. The van der Waals surface area contributed by atoms with Crippen molar-refractivity contribution in [3.05, 3.63) is 82.0 Å². The minimum Gasteiger partial charge on any atom is -0.326 e. The molecule has 0 saturated heterocycles. The van der Waals surface area contributed by atoms with Crippen LogP contribution >= 0.6 is 11.3 Å². The Bertz CT molecular complexity index is 1130. The van der Waals surface area contributed by atoms with Gasteiger partial charge in [0.2, 0.25) is 15.9 Å². The van der Waals surface area contributed by atoms with Crippen LogP contribution < -0.4 is 5.32 Å². The lowest BCUT2D eigenvalue weighted by molar-refractivity contribution is -0.116. The van der Waals surface area contributed by atoms with Crippen LogP contribution in [0.15, 0.2) is 70.9 Å². The lowest BCUT2D eigenvalue weighted by atomic mass is 10.0. The molecule has 1 aromatic heterocycles. The zero-order valence-corrected chi connectivity index (χ0v) is 18.4. The van der Waals surface area contributed by atoms with Gasteiger partial charge in [0.15, 0.2) is 0 Å². The second kappa shape index (κ2) is 8.71. The van der Waals surface area contributed by atoms with E-state index in [2.05, 4.69) is 5.32 Å². The molecule has 7 heteroatoms. The van der Waals surface area contributed by atoms with E-state index < -0.39 is 10.0 Å². The van der Waals surface area contributed by atoms with Crippen molar-refractivity contribution >= 4 is 33.0 Å². The first-order valence-corrected chi connectivity index (χ1v) is 12.3. The van der Waals surface area contributed by atoms with E-state index in [0.717, 1.165) is 16.0 Å². The molecule has 1 aliphatic heterocycles. The number of nitrogens with one attached hydrogen (secondary N) is 1. The molecule has 1 unspecified atom stereocenters. The van der Waals surface area contributed by atoms with Crippen molar-refractivity contribution in [3.63, 3.8) is 0 Å². The van der Waals surface area contributed by atoms with E-state index in [1.807, 2.05) is 54.8 Å². The maximum absolute atomic E-state index is 13.7. The van der Waals surface area contributed by atoms with Gasteiger partial charge < -0.3 is 5.32 Å². The highest BCUT2D eigenvalue weighted by Crippen LogP contribution is 2.29. The first kappa shape index (κ1) is 20.8. The van der Waals surface area contributed by atoms with E-state index in [1.165, 1.54) is 0 Å². The first-order valence-electron chi connectivity index (χ1n) is 9.94. The van der Waals surface area contributed by atoms with Gasteiger partial charge in [-0.15, -0.1) is 11.3 Å². The highest BCUT2D eigenvalue weighted by atomic mass is 32.2. The Kier molecular flexibility index (Phi) is 6.04. The standard InChI is InChI=1S/C23H24N2O3S2/c1-17(14-20-8-5-13-29-20)25(16-18-6-3-2-4-7-18)30(27,28)21-10-11-22-19(15-21)9-12-23(26)24-22/h2-8,10-11,13,15,17H,9,12,14,16H2,1H3,(H,24,26). The number of aryl methyl sites for hydroxylation is 1. The van der Waals surface area contributed by atoms with Gasteiger partial charge in [-0.1, -0.05) is 36.4 Å². The number of anilines is 1. The molecule has 30 heavy (non-hydrogen) atoms. The molecule has 1 N–H and O–H groups in total. The van der Waals surface area contributed by atoms with Crippen molar-refractivity contribution < 1.29 is 13.2 Å². The van der Waals surface area contributed by atoms with Crippen LogP contribution in [-0.2, 0) is 34.2 Å². The molecule has 2 aromatic carbocycles. The number of nitrogens with zero attached hydrogens (tertiary/aromatic N) is 1. The lowest BCUT2D eigenvalue weighted by Crippen LogP contribution is -2.39. The Balaban J connectivity index is 1.68. The number of thiophene rings is 1. The average molecular weight is 441 g/mol. The quantitative estimate of drug-likeness (QED) is 0.590. The molecular formula is C23H24N2O3S2. The fraction of sp³-hybridized carbons (Fsp3) is 0.261. The molecule has 0 spiro atoms. The van der Waals surface area contributed by atoms with Crippen LogP contribution in [0.2, 0.25) is 0 Å². The number of fused-ring (bicyclic) bond motifs is 1. The van der Waals surface area contributed by atoms with E-state index in [1.54, 1.807) is 33.8 Å². The minimum atomic E-state index is -3.72. The molecule has 3 aromatic rings. The molecule has 0 bridgehead atoms. The summed E-state index contributed by atoms with van der Waals surface area (Å²) in [7, 11) is -3.72. The van der Waals surface area contributed by atoms with Gasteiger partial charge in [-0.3, -0.25) is 4.79 Å². The predicted molar refractivity (Wildman–Crippen MR) is 120 cm³/mol. The second-order valence-electron chi connectivity index (χ2n) is 7.54. The largest absolute Gasteiger partial charge is 0.326 e. The van der Waals surface area contributed by atoms with Crippen molar-refractivity contribution in [3.8, 4) is 0 Å². The summed E-state index contributed by atoms with van der Waals surface area (Å²) in [6.07, 6.45) is 1.58. The molecular weight excluding hydrogens is 416 g/mol. The number of hydrogen-bond donors (Lipinski definition) is 1. The fourth-order valence-electron chi connectivity index (χ4n) is 3.72. The highest BCUT2D eigenvalue weighted by molar-refractivity contribution is 7.89. The monoisotopic (exact) mass is 440 g/mol. The molecule has 0 radical (unpaired) electrons. The van der Waals surface area contributed by atoms with Crippen molar-refractivity contribution in [2.45, 2.75) is 43.7 Å². The van der Waals surface area contributed by atoms with E-state index in [4.69, 9.17) is 0 Å². The Labute approximate surface area is 181 Å². The Morgan fingerprint density at radius 2 is 1.87 bits per heavy atom. The topological polar surface area (TPSA) is 66.5 Å². The van der Waals surface area contributed by atoms with Gasteiger partial charge >= 0.3 is 0 Å². The van der Waals surface area contributed by atoms with Crippen LogP contribution in [0, 0.1) is 0 Å². The van der Waals surface area contributed by atoms with Crippen molar-refractivity contribution in [2.24, 2.45) is 0 Å². The molecule has 0 aliphatic carbocycles. The first-order chi connectivity index (χ1) is 14.4. The molecule has 1 atom stereocenters. The van der Waals surface area contributed by atoms with Gasteiger partial charge in [-0.2, -0.15) is 4.31 Å². The molecule has 156 valence electrons. The molecule has 1 aliphatic rings. The second-order valence-corrected chi connectivity index (χ2v) is 10.5. The van der Waals surface area contributed by atoms with Crippen molar-refractivity contribution in [1.29, 1.82) is 0 Å². The van der Waals surface area contributed by atoms with Crippen LogP contribution in [0.4, 0.5) is 5.69 Å². The molecule has 0 fully saturated rings. The highest BCUT2D eigenvalue weighted by Gasteiger charge is 2.30. The maximum atomic E-state index is 13.7. The smallest absolute Gasteiger partial charge is 0.243 e. The number of rotatable bonds is 7. The number of benzene rings is 2. The lowest BCUT2D eigenvalue weighted by Gasteiger charge is -2.29. The number of carbonyl (C=O) groups is 1. The Hall–Kier alpha value is -2.48. The van der Waals surface area contributed by atoms with Crippen molar-refractivity contribution in [1.82, 2.24) is 4.31 Å². The third-order valence-corrected chi connectivity index (χ3v) is 8.18. The van der Waals surface area contributed by atoms with Crippen LogP contribution in [0.5, 0.6) is 0 Å². The number of amides is 1. The van der Waals surface area contributed by atoms with Crippen LogP contribution in [0.1, 0.15) is 29.3 Å². The maximum Gasteiger partial charge on any atom is 0.243 e. The van der Waals surface area contributed by atoms with Gasteiger partial charge in [0.1, 0.15) is 0 Å². The van der Waals surface area contributed by atoms with Crippen LogP contribution in [0.25, 0.3) is 0 Å². The van der Waals surface area contributed by atoms with Gasteiger partial charge in [-0.25, -0.2) is 8.42 Å². The summed E-state index contributed by atoms with van der Waals surface area (Å²) in [5.74, 6) is -0.0339. The van der Waals surface area contributed by atoms with Gasteiger partial charge in [0, 0.05) is 29.6 Å². The van der Waals surface area contributed by atoms with Gasteiger partial charge in [0.25, 0.3) is 0 Å². The Morgan fingerprint density at radius 1 is 1.07 bits per heavy atom. The van der Waals surface area contributed by atoms with Crippen LogP contribution in [0.3, 0.4) is 0 Å². The molecule has 1 amide bonds. The summed E-state index contributed by atoms with van der Waals surface area (Å²) in [5, 5.41) is 4.82. The van der Waals surface area contributed by atoms with E-state index in [0.29, 0.717) is 31.5 Å². The zero-order chi connectivity index (χ0) is 21.1. The average Bonchev–Trinajstić information content (AvgIpc) is 3.25. The molecule has 4 rings (SSSR count). The number of sulfonamides is 1. The van der Waals surface area contributed by atoms with Gasteiger partial charge in [0.05, 0.1) is 4.90 Å². The molecule has 0 saturated carbocycles.